The summed E-state index contributed by atoms with van der Waals surface area (Å²) in [5.74, 6) is -1.33. The van der Waals surface area contributed by atoms with Gasteiger partial charge in [-0.15, -0.1) is 0 Å². The predicted octanol–water partition coefficient (Wildman–Crippen LogP) is 0.448. The van der Waals surface area contributed by atoms with Crippen LogP contribution in [0, 0.1) is 0 Å². The Morgan fingerprint density at radius 1 is 1.32 bits per heavy atom. The topological polar surface area (TPSA) is 89.9 Å². The summed E-state index contributed by atoms with van der Waals surface area (Å²) in [5.41, 5.74) is -0.154. The molecular weight excluding hydrogens is 248 g/mol. The summed E-state index contributed by atoms with van der Waals surface area (Å²) in [7, 11) is 1.51. The van der Waals surface area contributed by atoms with Crippen molar-refractivity contribution in [3.05, 3.63) is 23.8 Å². The molecule has 0 saturated carbocycles. The Bertz CT molecular complexity index is 495. The molecule has 0 bridgehead atoms. The molecule has 1 saturated heterocycles. The van der Waals surface area contributed by atoms with Gasteiger partial charge in [0, 0.05) is 13.6 Å². The number of benzene rings is 1. The van der Waals surface area contributed by atoms with Crippen LogP contribution in [-0.2, 0) is 4.79 Å². The standard InChI is InChI=1S/C13H16N2O4/c1-14-12(18)8-4-3-7-15(8)13(19)11-9(16)5-2-6-10(11)17/h2,5-6,8,16-17H,3-4,7H2,1H3,(H,14,18). The number of carbonyl (C=O) groups excluding carboxylic acids is 2. The number of carbonyl (C=O) groups is 2. The van der Waals surface area contributed by atoms with Crippen LogP contribution in [0.4, 0.5) is 0 Å². The van der Waals surface area contributed by atoms with Crippen LogP contribution in [0.5, 0.6) is 11.5 Å². The highest BCUT2D eigenvalue weighted by molar-refractivity contribution is 6.02. The van der Waals surface area contributed by atoms with E-state index in [2.05, 4.69) is 5.32 Å². The first-order valence-corrected chi connectivity index (χ1v) is 6.09. The summed E-state index contributed by atoms with van der Waals surface area (Å²) in [4.78, 5) is 25.4. The summed E-state index contributed by atoms with van der Waals surface area (Å²) in [5, 5.41) is 21.9. The van der Waals surface area contributed by atoms with E-state index in [0.717, 1.165) is 6.42 Å². The summed E-state index contributed by atoms with van der Waals surface area (Å²) in [6.07, 6.45) is 1.30. The van der Waals surface area contributed by atoms with Crippen molar-refractivity contribution in [3.63, 3.8) is 0 Å². The SMILES string of the molecule is CNC(=O)C1CCCN1C(=O)c1c(O)cccc1O. The molecule has 2 amide bonds. The normalized spacial score (nSPS) is 18.4. The second-order valence-corrected chi connectivity index (χ2v) is 4.44. The molecule has 1 atom stereocenters. The van der Waals surface area contributed by atoms with Crippen molar-refractivity contribution in [2.75, 3.05) is 13.6 Å². The highest BCUT2D eigenvalue weighted by atomic mass is 16.3. The highest BCUT2D eigenvalue weighted by Gasteiger charge is 2.35. The van der Waals surface area contributed by atoms with Gasteiger partial charge in [0.2, 0.25) is 5.91 Å². The van der Waals surface area contributed by atoms with Crippen LogP contribution in [-0.4, -0.2) is 46.6 Å². The predicted molar refractivity (Wildman–Crippen MR) is 67.9 cm³/mol. The Hall–Kier alpha value is -2.24. The molecular formula is C13H16N2O4. The van der Waals surface area contributed by atoms with Gasteiger partial charge in [-0.3, -0.25) is 9.59 Å². The first-order valence-electron chi connectivity index (χ1n) is 6.09. The minimum atomic E-state index is -0.545. The molecule has 0 radical (unpaired) electrons. The minimum Gasteiger partial charge on any atom is -0.507 e. The molecule has 0 aromatic heterocycles. The van der Waals surface area contributed by atoms with Crippen molar-refractivity contribution < 1.29 is 19.8 Å². The van der Waals surface area contributed by atoms with E-state index in [1.807, 2.05) is 0 Å². The molecule has 1 aliphatic heterocycles. The Balaban J connectivity index is 2.31. The maximum absolute atomic E-state index is 12.3. The third-order valence-corrected chi connectivity index (χ3v) is 3.30. The number of likely N-dealkylation sites (tertiary alicyclic amines) is 1. The van der Waals surface area contributed by atoms with E-state index in [4.69, 9.17) is 0 Å². The third-order valence-electron chi connectivity index (χ3n) is 3.30. The lowest BCUT2D eigenvalue weighted by atomic mass is 10.1. The molecule has 0 aliphatic carbocycles. The Morgan fingerprint density at radius 2 is 1.95 bits per heavy atom. The number of aromatic hydroxyl groups is 2. The van der Waals surface area contributed by atoms with Crippen molar-refractivity contribution in [2.24, 2.45) is 0 Å². The Labute approximate surface area is 110 Å². The molecule has 6 nitrogen and oxygen atoms in total. The molecule has 6 heteroatoms. The average molecular weight is 264 g/mol. The maximum atomic E-state index is 12.3. The average Bonchev–Trinajstić information content (AvgIpc) is 2.86. The Morgan fingerprint density at radius 3 is 2.53 bits per heavy atom. The number of nitrogens with one attached hydrogen (secondary N) is 1. The summed E-state index contributed by atoms with van der Waals surface area (Å²) in [6.45, 7) is 0.435. The summed E-state index contributed by atoms with van der Waals surface area (Å²) in [6, 6.07) is 3.56. The van der Waals surface area contributed by atoms with E-state index in [0.29, 0.717) is 13.0 Å². The van der Waals surface area contributed by atoms with Gasteiger partial charge in [0.05, 0.1) is 0 Å². The van der Waals surface area contributed by atoms with E-state index in [-0.39, 0.29) is 23.0 Å². The number of phenolic OH excluding ortho intramolecular Hbond substituents is 2. The van der Waals surface area contributed by atoms with Crippen LogP contribution in [0.1, 0.15) is 23.2 Å². The second-order valence-electron chi connectivity index (χ2n) is 4.44. The fourth-order valence-electron chi connectivity index (χ4n) is 2.34. The van der Waals surface area contributed by atoms with Crippen LogP contribution in [0.25, 0.3) is 0 Å². The van der Waals surface area contributed by atoms with Crippen LogP contribution >= 0.6 is 0 Å². The zero-order valence-electron chi connectivity index (χ0n) is 10.6. The maximum Gasteiger partial charge on any atom is 0.262 e. The molecule has 0 spiro atoms. The van der Waals surface area contributed by atoms with Gasteiger partial charge in [-0.05, 0) is 25.0 Å². The number of hydrogen-bond donors (Lipinski definition) is 3. The lowest BCUT2D eigenvalue weighted by molar-refractivity contribution is -0.124. The zero-order chi connectivity index (χ0) is 14.0. The molecule has 2 rings (SSSR count). The fourth-order valence-corrected chi connectivity index (χ4v) is 2.34. The fraction of sp³-hybridized carbons (Fsp3) is 0.385. The second kappa shape index (κ2) is 5.17. The summed E-state index contributed by atoms with van der Waals surface area (Å²) >= 11 is 0. The minimum absolute atomic E-state index is 0.154. The zero-order valence-corrected chi connectivity index (χ0v) is 10.6. The van der Waals surface area contributed by atoms with Gasteiger partial charge in [0.1, 0.15) is 23.1 Å². The number of phenols is 2. The van der Waals surface area contributed by atoms with Gasteiger partial charge in [-0.2, -0.15) is 0 Å². The van der Waals surface area contributed by atoms with Gasteiger partial charge in [0.15, 0.2) is 0 Å². The highest BCUT2D eigenvalue weighted by Crippen LogP contribution is 2.30. The molecule has 1 heterocycles. The molecule has 1 aliphatic rings. The molecule has 3 N–H and O–H groups in total. The molecule has 19 heavy (non-hydrogen) atoms. The monoisotopic (exact) mass is 264 g/mol. The van der Waals surface area contributed by atoms with E-state index in [1.165, 1.54) is 30.1 Å². The quantitative estimate of drug-likeness (QED) is 0.723. The smallest absolute Gasteiger partial charge is 0.262 e. The molecule has 1 fully saturated rings. The molecule has 1 aromatic rings. The lowest BCUT2D eigenvalue weighted by Crippen LogP contribution is -2.44. The number of hydrogen-bond acceptors (Lipinski definition) is 4. The number of rotatable bonds is 2. The van der Waals surface area contributed by atoms with Crippen LogP contribution in [0.3, 0.4) is 0 Å². The van der Waals surface area contributed by atoms with Crippen molar-refractivity contribution in [2.45, 2.75) is 18.9 Å². The van der Waals surface area contributed by atoms with Crippen LogP contribution in [0.2, 0.25) is 0 Å². The van der Waals surface area contributed by atoms with Crippen molar-refractivity contribution in [1.29, 1.82) is 0 Å². The molecule has 102 valence electrons. The van der Waals surface area contributed by atoms with Crippen LogP contribution in [0.15, 0.2) is 18.2 Å². The van der Waals surface area contributed by atoms with E-state index >= 15 is 0 Å². The van der Waals surface area contributed by atoms with E-state index in [1.54, 1.807) is 0 Å². The van der Waals surface area contributed by atoms with Crippen molar-refractivity contribution in [3.8, 4) is 11.5 Å². The van der Waals surface area contributed by atoms with Gasteiger partial charge >= 0.3 is 0 Å². The van der Waals surface area contributed by atoms with Crippen LogP contribution < -0.4 is 5.32 Å². The molecule has 1 aromatic carbocycles. The summed E-state index contributed by atoms with van der Waals surface area (Å²) < 4.78 is 0. The molecule has 1 unspecified atom stereocenters. The first kappa shape index (κ1) is 13.2. The van der Waals surface area contributed by atoms with Gasteiger partial charge in [0.25, 0.3) is 5.91 Å². The van der Waals surface area contributed by atoms with E-state index in [9.17, 15) is 19.8 Å². The number of amides is 2. The lowest BCUT2D eigenvalue weighted by Gasteiger charge is -2.24. The van der Waals surface area contributed by atoms with Gasteiger partial charge in [-0.1, -0.05) is 6.07 Å². The van der Waals surface area contributed by atoms with Gasteiger partial charge in [-0.25, -0.2) is 0 Å². The van der Waals surface area contributed by atoms with Crippen molar-refractivity contribution >= 4 is 11.8 Å². The number of nitrogens with zero attached hydrogens (tertiary/aromatic N) is 1. The Kier molecular flexibility index (Phi) is 3.59. The number of likely N-dealkylation sites (N-methyl/N-ethyl adjacent to an activating group) is 1. The van der Waals surface area contributed by atoms with E-state index < -0.39 is 11.9 Å². The van der Waals surface area contributed by atoms with Crippen molar-refractivity contribution in [1.82, 2.24) is 10.2 Å². The van der Waals surface area contributed by atoms with Gasteiger partial charge < -0.3 is 20.4 Å². The third kappa shape index (κ3) is 2.33. The first-order chi connectivity index (χ1) is 9.06. The largest absolute Gasteiger partial charge is 0.507 e.